The minimum absolute atomic E-state index is 0.00264. The van der Waals surface area contributed by atoms with Gasteiger partial charge in [0.05, 0.1) is 12.0 Å². The Morgan fingerprint density at radius 1 is 1.28 bits per heavy atom. The van der Waals surface area contributed by atoms with Crippen molar-refractivity contribution in [2.45, 2.75) is 50.5 Å². The maximum absolute atomic E-state index is 12.0. The van der Waals surface area contributed by atoms with Crippen LogP contribution in [0.25, 0.3) is 0 Å². The molecule has 5 nitrogen and oxygen atoms in total. The molecule has 0 spiro atoms. The summed E-state index contributed by atoms with van der Waals surface area (Å²) in [7, 11) is 0. The van der Waals surface area contributed by atoms with Crippen LogP contribution in [0.15, 0.2) is 0 Å². The highest BCUT2D eigenvalue weighted by atomic mass is 16.5. The van der Waals surface area contributed by atoms with E-state index >= 15 is 0 Å². The molecule has 1 saturated carbocycles. The van der Waals surface area contributed by atoms with Crippen molar-refractivity contribution in [1.82, 2.24) is 5.32 Å². The third-order valence-corrected chi connectivity index (χ3v) is 4.04. The number of nitrogens with one attached hydrogen (secondary N) is 1. The first-order valence-corrected chi connectivity index (χ1v) is 6.70. The SMILES string of the molecule is O=C(O)CC1(NC(=O)CC2CCC2)CCOCC1. The predicted octanol–water partition coefficient (Wildman–Crippen LogP) is 1.32. The average molecular weight is 255 g/mol. The molecule has 0 radical (unpaired) electrons. The van der Waals surface area contributed by atoms with Crippen molar-refractivity contribution in [2.24, 2.45) is 5.92 Å². The summed E-state index contributed by atoms with van der Waals surface area (Å²) in [6, 6.07) is 0. The highest BCUT2D eigenvalue weighted by Crippen LogP contribution is 2.30. The molecule has 0 atom stereocenters. The number of amides is 1. The molecular weight excluding hydrogens is 234 g/mol. The van der Waals surface area contributed by atoms with Gasteiger partial charge in [-0.1, -0.05) is 6.42 Å². The summed E-state index contributed by atoms with van der Waals surface area (Å²) in [6.07, 6.45) is 5.19. The Balaban J connectivity index is 1.90. The molecule has 0 bridgehead atoms. The van der Waals surface area contributed by atoms with Crippen molar-refractivity contribution >= 4 is 11.9 Å². The van der Waals surface area contributed by atoms with Crippen LogP contribution < -0.4 is 5.32 Å². The maximum Gasteiger partial charge on any atom is 0.305 e. The molecule has 1 aliphatic carbocycles. The van der Waals surface area contributed by atoms with Gasteiger partial charge in [0, 0.05) is 19.6 Å². The van der Waals surface area contributed by atoms with Gasteiger partial charge in [-0.25, -0.2) is 0 Å². The van der Waals surface area contributed by atoms with E-state index in [-0.39, 0.29) is 12.3 Å². The molecule has 0 aromatic rings. The number of ether oxygens (including phenoxy) is 1. The number of hydrogen-bond donors (Lipinski definition) is 2. The summed E-state index contributed by atoms with van der Waals surface area (Å²) < 4.78 is 5.26. The Kier molecular flexibility index (Phi) is 4.22. The van der Waals surface area contributed by atoms with Crippen LogP contribution in [0.5, 0.6) is 0 Å². The van der Waals surface area contributed by atoms with E-state index in [1.54, 1.807) is 0 Å². The normalized spacial score (nSPS) is 23.1. The minimum atomic E-state index is -0.860. The molecule has 102 valence electrons. The second-order valence-corrected chi connectivity index (χ2v) is 5.51. The number of carboxylic acids is 1. The first-order valence-electron chi connectivity index (χ1n) is 6.70. The van der Waals surface area contributed by atoms with Gasteiger partial charge in [-0.3, -0.25) is 9.59 Å². The van der Waals surface area contributed by atoms with Crippen molar-refractivity contribution in [3.63, 3.8) is 0 Å². The molecule has 5 heteroatoms. The zero-order valence-electron chi connectivity index (χ0n) is 10.6. The fourth-order valence-electron chi connectivity index (χ4n) is 2.70. The molecule has 2 fully saturated rings. The van der Waals surface area contributed by atoms with Crippen LogP contribution in [0.2, 0.25) is 0 Å². The maximum atomic E-state index is 12.0. The summed E-state index contributed by atoms with van der Waals surface area (Å²) in [5, 5.41) is 12.0. The summed E-state index contributed by atoms with van der Waals surface area (Å²) in [4.78, 5) is 22.9. The van der Waals surface area contributed by atoms with Gasteiger partial charge >= 0.3 is 5.97 Å². The van der Waals surface area contributed by atoms with E-state index in [0.29, 0.717) is 38.4 Å². The number of carbonyl (C=O) groups excluding carboxylic acids is 1. The Morgan fingerprint density at radius 2 is 1.94 bits per heavy atom. The molecule has 1 amide bonds. The molecule has 0 unspecified atom stereocenters. The van der Waals surface area contributed by atoms with Gasteiger partial charge in [0.15, 0.2) is 0 Å². The Morgan fingerprint density at radius 3 is 2.44 bits per heavy atom. The zero-order valence-corrected chi connectivity index (χ0v) is 10.6. The Hall–Kier alpha value is -1.10. The number of rotatable bonds is 5. The summed E-state index contributed by atoms with van der Waals surface area (Å²) in [6.45, 7) is 1.05. The molecule has 2 N–H and O–H groups in total. The van der Waals surface area contributed by atoms with Crippen molar-refractivity contribution < 1.29 is 19.4 Å². The topological polar surface area (TPSA) is 75.6 Å². The number of carbonyl (C=O) groups is 2. The van der Waals surface area contributed by atoms with E-state index in [0.717, 1.165) is 12.8 Å². The van der Waals surface area contributed by atoms with Crippen LogP contribution >= 0.6 is 0 Å². The molecule has 18 heavy (non-hydrogen) atoms. The van der Waals surface area contributed by atoms with Crippen LogP contribution in [-0.2, 0) is 14.3 Å². The van der Waals surface area contributed by atoms with Crippen LogP contribution in [0.3, 0.4) is 0 Å². The molecule has 0 aromatic carbocycles. The molecule has 1 aliphatic heterocycles. The lowest BCUT2D eigenvalue weighted by molar-refractivity contribution is -0.140. The largest absolute Gasteiger partial charge is 0.481 e. The summed E-state index contributed by atoms with van der Waals surface area (Å²) >= 11 is 0. The second-order valence-electron chi connectivity index (χ2n) is 5.51. The van der Waals surface area contributed by atoms with Gasteiger partial charge in [-0.15, -0.1) is 0 Å². The average Bonchev–Trinajstić information content (AvgIpc) is 2.23. The van der Waals surface area contributed by atoms with Crippen molar-refractivity contribution in [1.29, 1.82) is 0 Å². The van der Waals surface area contributed by atoms with E-state index in [4.69, 9.17) is 9.84 Å². The number of carboxylic acid groups (broad SMARTS) is 1. The van der Waals surface area contributed by atoms with Crippen LogP contribution in [0, 0.1) is 5.92 Å². The summed E-state index contributed by atoms with van der Waals surface area (Å²) in [5.41, 5.74) is -0.592. The van der Waals surface area contributed by atoms with Crippen LogP contribution in [-0.4, -0.2) is 35.7 Å². The van der Waals surface area contributed by atoms with E-state index in [1.807, 2.05) is 0 Å². The second kappa shape index (κ2) is 5.69. The lowest BCUT2D eigenvalue weighted by Crippen LogP contribution is -2.53. The molecule has 2 aliphatic rings. The fourth-order valence-corrected chi connectivity index (χ4v) is 2.70. The first-order chi connectivity index (χ1) is 8.60. The third-order valence-electron chi connectivity index (χ3n) is 4.04. The van der Waals surface area contributed by atoms with Gasteiger partial charge in [-0.05, 0) is 31.6 Å². The monoisotopic (exact) mass is 255 g/mol. The quantitative estimate of drug-likeness (QED) is 0.776. The highest BCUT2D eigenvalue weighted by Gasteiger charge is 2.37. The van der Waals surface area contributed by atoms with E-state index in [9.17, 15) is 9.59 Å². The smallest absolute Gasteiger partial charge is 0.305 e. The Labute approximate surface area is 107 Å². The van der Waals surface area contributed by atoms with Crippen molar-refractivity contribution in [3.05, 3.63) is 0 Å². The minimum Gasteiger partial charge on any atom is -0.481 e. The van der Waals surface area contributed by atoms with Gasteiger partial charge in [-0.2, -0.15) is 0 Å². The molecular formula is C13H21NO4. The summed E-state index contributed by atoms with van der Waals surface area (Å²) in [5.74, 6) is -0.351. The van der Waals surface area contributed by atoms with E-state index in [2.05, 4.69) is 5.32 Å². The third kappa shape index (κ3) is 3.45. The number of hydrogen-bond acceptors (Lipinski definition) is 3. The molecule has 0 aromatic heterocycles. The first kappa shape index (κ1) is 13.3. The standard InChI is InChI=1S/C13H21NO4/c15-11(8-10-2-1-3-10)14-13(9-12(16)17)4-6-18-7-5-13/h10H,1-9H2,(H,14,15)(H,16,17). The van der Waals surface area contributed by atoms with Gasteiger partial charge in [0.25, 0.3) is 0 Å². The number of aliphatic carboxylic acids is 1. The van der Waals surface area contributed by atoms with E-state index < -0.39 is 11.5 Å². The van der Waals surface area contributed by atoms with Crippen molar-refractivity contribution in [2.75, 3.05) is 13.2 Å². The lowest BCUT2D eigenvalue weighted by atomic mass is 9.81. The van der Waals surface area contributed by atoms with Crippen LogP contribution in [0.4, 0.5) is 0 Å². The molecule has 1 saturated heterocycles. The lowest BCUT2D eigenvalue weighted by Gasteiger charge is -2.37. The van der Waals surface area contributed by atoms with E-state index in [1.165, 1.54) is 6.42 Å². The van der Waals surface area contributed by atoms with Gasteiger partial charge in [0.2, 0.25) is 5.91 Å². The zero-order chi connectivity index (χ0) is 13.0. The Bertz CT molecular complexity index is 319. The van der Waals surface area contributed by atoms with Gasteiger partial charge in [0.1, 0.15) is 0 Å². The predicted molar refractivity (Wildman–Crippen MR) is 65.1 cm³/mol. The molecule has 1 heterocycles. The highest BCUT2D eigenvalue weighted by molar-refractivity contribution is 5.78. The molecule has 2 rings (SSSR count). The van der Waals surface area contributed by atoms with Crippen LogP contribution in [0.1, 0.15) is 44.9 Å². The fraction of sp³-hybridized carbons (Fsp3) is 0.846. The van der Waals surface area contributed by atoms with Gasteiger partial charge < -0.3 is 15.2 Å². The van der Waals surface area contributed by atoms with Crippen molar-refractivity contribution in [3.8, 4) is 0 Å².